The van der Waals surface area contributed by atoms with Crippen molar-refractivity contribution in [1.29, 1.82) is 0 Å². The summed E-state index contributed by atoms with van der Waals surface area (Å²) in [6, 6.07) is 0. The number of hydrogen-bond acceptors (Lipinski definition) is 3. The fraction of sp³-hybridized carbons (Fsp3) is 0.913. The van der Waals surface area contributed by atoms with Crippen molar-refractivity contribution in [3.63, 3.8) is 0 Å². The van der Waals surface area contributed by atoms with Gasteiger partial charge in [0.1, 0.15) is 0 Å². The number of rotatable bonds is 43. The van der Waals surface area contributed by atoms with Crippen molar-refractivity contribution in [2.75, 3.05) is 6.61 Å². The van der Waals surface area contributed by atoms with E-state index in [4.69, 9.17) is 9.84 Å². The molecule has 4 heteroatoms. The molecule has 0 radical (unpaired) electrons. The van der Waals surface area contributed by atoms with E-state index in [-0.39, 0.29) is 5.97 Å². The zero-order valence-corrected chi connectivity index (χ0v) is 33.8. The van der Waals surface area contributed by atoms with Gasteiger partial charge in [-0.25, -0.2) is 0 Å². The Morgan fingerprint density at radius 3 is 1.00 bits per heavy atom. The number of carboxylic acids is 1. The van der Waals surface area contributed by atoms with Crippen LogP contribution in [0, 0.1) is 0 Å². The van der Waals surface area contributed by atoms with Gasteiger partial charge < -0.3 is 9.84 Å². The Balaban J connectivity index is 3.17. The summed E-state index contributed by atoms with van der Waals surface area (Å²) in [7, 11) is 0. The lowest BCUT2D eigenvalue weighted by Gasteiger charge is -2.06. The fourth-order valence-corrected chi connectivity index (χ4v) is 7.04. The molecule has 296 valence electrons. The fourth-order valence-electron chi connectivity index (χ4n) is 7.04. The van der Waals surface area contributed by atoms with E-state index in [0.29, 0.717) is 19.4 Å². The molecule has 50 heavy (non-hydrogen) atoms. The number of ether oxygens (including phenoxy) is 1. The molecule has 0 heterocycles. The lowest BCUT2D eigenvalue weighted by atomic mass is 10.0. The third-order valence-corrected chi connectivity index (χ3v) is 10.4. The van der Waals surface area contributed by atoms with E-state index in [1.807, 2.05) is 0 Å². The molecule has 0 spiro atoms. The highest BCUT2D eigenvalue weighted by Crippen LogP contribution is 2.16. The predicted molar refractivity (Wildman–Crippen MR) is 218 cm³/mol. The first-order chi connectivity index (χ1) is 24.7. The summed E-state index contributed by atoms with van der Waals surface area (Å²) < 4.78 is 5.47. The van der Waals surface area contributed by atoms with Crippen LogP contribution in [0.15, 0.2) is 12.2 Å². The van der Waals surface area contributed by atoms with E-state index in [2.05, 4.69) is 19.1 Å². The monoisotopic (exact) mass is 705 g/mol. The maximum Gasteiger partial charge on any atom is 0.305 e. The number of unbranched alkanes of at least 4 members (excludes halogenated alkanes) is 35. The highest BCUT2D eigenvalue weighted by molar-refractivity contribution is 5.69. The number of allylic oxidation sites excluding steroid dienone is 2. The van der Waals surface area contributed by atoms with Gasteiger partial charge in [-0.1, -0.05) is 218 Å². The van der Waals surface area contributed by atoms with Gasteiger partial charge in [0.15, 0.2) is 0 Å². The molecule has 0 aliphatic carbocycles. The molecule has 0 aliphatic rings. The van der Waals surface area contributed by atoms with E-state index in [1.54, 1.807) is 0 Å². The van der Waals surface area contributed by atoms with Crippen LogP contribution in [0.3, 0.4) is 0 Å². The second-order valence-corrected chi connectivity index (χ2v) is 15.5. The lowest BCUT2D eigenvalue weighted by Crippen LogP contribution is -2.05. The van der Waals surface area contributed by atoms with Crippen molar-refractivity contribution < 1.29 is 19.4 Å². The molecule has 0 aromatic carbocycles. The third-order valence-electron chi connectivity index (χ3n) is 10.4. The van der Waals surface area contributed by atoms with Crippen molar-refractivity contribution in [3.05, 3.63) is 12.2 Å². The number of hydrogen-bond donors (Lipinski definition) is 1. The molecule has 0 saturated heterocycles. The average molecular weight is 705 g/mol. The van der Waals surface area contributed by atoms with Gasteiger partial charge in [0.05, 0.1) is 6.61 Å². The summed E-state index contributed by atoms with van der Waals surface area (Å²) in [5.41, 5.74) is 0. The Hall–Kier alpha value is -1.32. The van der Waals surface area contributed by atoms with Crippen LogP contribution in [0.4, 0.5) is 0 Å². The quantitative estimate of drug-likeness (QED) is 0.0390. The second-order valence-electron chi connectivity index (χ2n) is 15.5. The Morgan fingerprint density at radius 2 is 0.660 bits per heavy atom. The molecule has 0 atom stereocenters. The van der Waals surface area contributed by atoms with Crippen molar-refractivity contribution in [2.45, 2.75) is 264 Å². The molecule has 0 aliphatic heterocycles. The van der Waals surface area contributed by atoms with Gasteiger partial charge in [0, 0.05) is 12.8 Å². The summed E-state index contributed by atoms with van der Waals surface area (Å²) >= 11 is 0. The second kappa shape index (κ2) is 43.8. The predicted octanol–water partition coefficient (Wildman–Crippen LogP) is 15.8. The molecule has 0 rings (SSSR count). The topological polar surface area (TPSA) is 63.6 Å². The van der Waals surface area contributed by atoms with Gasteiger partial charge in [-0.2, -0.15) is 0 Å². The van der Waals surface area contributed by atoms with Crippen LogP contribution in [0.25, 0.3) is 0 Å². The van der Waals surface area contributed by atoms with Gasteiger partial charge in [0.2, 0.25) is 0 Å². The molecular formula is C46H88O4. The Labute approximate surface area is 313 Å². The molecule has 0 aromatic rings. The molecule has 0 unspecified atom stereocenters. The average Bonchev–Trinajstić information content (AvgIpc) is 3.11. The van der Waals surface area contributed by atoms with E-state index in [1.165, 1.54) is 218 Å². The van der Waals surface area contributed by atoms with Gasteiger partial charge in [-0.15, -0.1) is 0 Å². The van der Waals surface area contributed by atoms with Crippen molar-refractivity contribution in [1.82, 2.24) is 0 Å². The van der Waals surface area contributed by atoms with E-state index >= 15 is 0 Å². The highest BCUT2D eigenvalue weighted by Gasteiger charge is 2.03. The minimum atomic E-state index is -0.660. The summed E-state index contributed by atoms with van der Waals surface area (Å²) in [4.78, 5) is 22.5. The molecular weight excluding hydrogens is 617 g/mol. The molecule has 0 bridgehead atoms. The van der Waals surface area contributed by atoms with Crippen molar-refractivity contribution in [3.8, 4) is 0 Å². The van der Waals surface area contributed by atoms with Crippen molar-refractivity contribution in [2.24, 2.45) is 0 Å². The number of aliphatic carboxylic acids is 1. The number of carboxylic acid groups (broad SMARTS) is 1. The lowest BCUT2D eigenvalue weighted by molar-refractivity contribution is -0.144. The zero-order chi connectivity index (χ0) is 36.3. The first-order valence-electron chi connectivity index (χ1n) is 22.7. The summed E-state index contributed by atoms with van der Waals surface area (Å²) in [6.45, 7) is 2.90. The van der Waals surface area contributed by atoms with E-state index < -0.39 is 5.97 Å². The molecule has 1 N–H and O–H groups in total. The van der Waals surface area contributed by atoms with Crippen LogP contribution in [0.1, 0.15) is 264 Å². The Kier molecular flexibility index (Phi) is 42.7. The summed E-state index contributed by atoms with van der Waals surface area (Å²) in [5.74, 6) is -0.646. The van der Waals surface area contributed by atoms with E-state index in [0.717, 1.165) is 25.7 Å². The maximum atomic E-state index is 12.0. The van der Waals surface area contributed by atoms with Crippen LogP contribution in [0.5, 0.6) is 0 Å². The van der Waals surface area contributed by atoms with Crippen LogP contribution < -0.4 is 0 Å². The third kappa shape index (κ3) is 44.7. The smallest absolute Gasteiger partial charge is 0.305 e. The first kappa shape index (κ1) is 48.7. The number of carbonyl (C=O) groups is 2. The largest absolute Gasteiger partial charge is 0.481 e. The molecule has 0 amide bonds. The molecule has 4 nitrogen and oxygen atoms in total. The standard InChI is InChI=1S/C46H88O4/c1-2-3-4-5-6-7-8-9-10-11-12-13-16-19-22-25-28-31-34-37-40-43-46(49)50-44-41-38-35-32-29-26-23-20-17-14-15-18-21-24-27-30-33-36-39-42-45(47)48/h9-10H,2-8,11-44H2,1H3,(H,47,48). The van der Waals surface area contributed by atoms with Gasteiger partial charge in [-0.3, -0.25) is 9.59 Å². The summed E-state index contributed by atoms with van der Waals surface area (Å²) in [5, 5.41) is 8.65. The van der Waals surface area contributed by atoms with Crippen LogP contribution in [0.2, 0.25) is 0 Å². The Morgan fingerprint density at radius 1 is 0.380 bits per heavy atom. The molecule has 0 aromatic heterocycles. The minimum absolute atomic E-state index is 0.0139. The number of esters is 1. The molecule has 0 fully saturated rings. The zero-order valence-electron chi connectivity index (χ0n) is 33.8. The van der Waals surface area contributed by atoms with E-state index in [9.17, 15) is 9.59 Å². The van der Waals surface area contributed by atoms with Crippen LogP contribution in [-0.4, -0.2) is 23.7 Å². The maximum absolute atomic E-state index is 12.0. The normalized spacial score (nSPS) is 11.5. The molecule has 0 saturated carbocycles. The van der Waals surface area contributed by atoms with Crippen LogP contribution >= 0.6 is 0 Å². The number of carbonyl (C=O) groups excluding carboxylic acids is 1. The van der Waals surface area contributed by atoms with Crippen molar-refractivity contribution >= 4 is 11.9 Å². The van der Waals surface area contributed by atoms with Gasteiger partial charge >= 0.3 is 11.9 Å². The SMILES string of the molecule is CCCCCCCCC=CCCCCCCCCCCCCCC(=O)OCCCCCCCCCCCCCCCCCCCCCC(=O)O. The van der Waals surface area contributed by atoms with Crippen LogP contribution in [-0.2, 0) is 14.3 Å². The first-order valence-corrected chi connectivity index (χ1v) is 22.7. The minimum Gasteiger partial charge on any atom is -0.481 e. The highest BCUT2D eigenvalue weighted by atomic mass is 16.5. The Bertz CT molecular complexity index is 702. The van der Waals surface area contributed by atoms with Gasteiger partial charge in [-0.05, 0) is 44.9 Å². The summed E-state index contributed by atoms with van der Waals surface area (Å²) in [6.07, 6.45) is 55.4. The van der Waals surface area contributed by atoms with Gasteiger partial charge in [0.25, 0.3) is 0 Å².